The summed E-state index contributed by atoms with van der Waals surface area (Å²) < 4.78 is 0. The van der Waals surface area contributed by atoms with Gasteiger partial charge in [-0.3, -0.25) is 0 Å². The van der Waals surface area contributed by atoms with Crippen LogP contribution in [0.15, 0.2) is 29.2 Å². The molecule has 1 unspecified atom stereocenters. The molecule has 0 saturated carbocycles. The van der Waals surface area contributed by atoms with Gasteiger partial charge in [-0.25, -0.2) is 0 Å². The first-order chi connectivity index (χ1) is 6.79. The van der Waals surface area contributed by atoms with Crippen LogP contribution in [0.5, 0.6) is 0 Å². The van der Waals surface area contributed by atoms with E-state index in [4.69, 9.17) is 0 Å². The predicted octanol–water partition coefficient (Wildman–Crippen LogP) is 3.88. The highest BCUT2D eigenvalue weighted by Crippen LogP contribution is 2.24. The van der Waals surface area contributed by atoms with Crippen molar-refractivity contribution in [3.63, 3.8) is 0 Å². The van der Waals surface area contributed by atoms with Gasteiger partial charge in [0.25, 0.3) is 0 Å². The predicted molar refractivity (Wildman–Crippen MR) is 64.8 cm³/mol. The van der Waals surface area contributed by atoms with E-state index in [2.05, 4.69) is 44.4 Å². The topological polar surface area (TPSA) is 0 Å². The first-order valence-electron chi connectivity index (χ1n) is 5.05. The van der Waals surface area contributed by atoms with E-state index in [-0.39, 0.29) is 0 Å². The van der Waals surface area contributed by atoms with Gasteiger partial charge in [0.2, 0.25) is 0 Å². The van der Waals surface area contributed by atoms with Gasteiger partial charge in [0, 0.05) is 17.2 Å². The van der Waals surface area contributed by atoms with Gasteiger partial charge < -0.3 is 0 Å². The maximum atomic E-state index is 4.45. The Bertz CT molecular complexity index is 344. The van der Waals surface area contributed by atoms with Crippen LogP contribution in [0, 0.1) is 11.8 Å². The van der Waals surface area contributed by atoms with Gasteiger partial charge in [0.1, 0.15) is 0 Å². The minimum Gasteiger partial charge on any atom is -0.143 e. The van der Waals surface area contributed by atoms with Gasteiger partial charge in [-0.15, -0.1) is 18.5 Å². The van der Waals surface area contributed by atoms with E-state index in [0.717, 1.165) is 17.7 Å². The number of benzene rings is 1. The van der Waals surface area contributed by atoms with Gasteiger partial charge in [0.05, 0.1) is 0 Å². The van der Waals surface area contributed by atoms with E-state index in [1.807, 2.05) is 18.2 Å². The maximum Gasteiger partial charge on any atom is 0.0460 e. The van der Waals surface area contributed by atoms with Crippen LogP contribution in [0.3, 0.4) is 0 Å². The lowest BCUT2D eigenvalue weighted by Gasteiger charge is -2.10. The smallest absolute Gasteiger partial charge is 0.0460 e. The average Bonchev–Trinajstić information content (AvgIpc) is 2.21. The van der Waals surface area contributed by atoms with Crippen LogP contribution in [0.1, 0.15) is 38.2 Å². The lowest BCUT2D eigenvalue weighted by atomic mass is 9.97. The molecule has 0 aliphatic heterocycles. The first-order valence-corrected chi connectivity index (χ1v) is 5.50. The number of hydrogen-bond donors (Lipinski definition) is 1. The van der Waals surface area contributed by atoms with Crippen molar-refractivity contribution in [2.24, 2.45) is 0 Å². The molecule has 0 nitrogen and oxygen atoms in total. The lowest BCUT2D eigenvalue weighted by Crippen LogP contribution is -1.95. The van der Waals surface area contributed by atoms with Gasteiger partial charge in [-0.05, 0) is 18.1 Å². The average molecular weight is 204 g/mol. The molecule has 0 N–H and O–H groups in total. The Labute approximate surface area is 92.1 Å². The summed E-state index contributed by atoms with van der Waals surface area (Å²) in [6.45, 7) is 4.24. The van der Waals surface area contributed by atoms with Crippen molar-refractivity contribution in [2.45, 2.75) is 37.5 Å². The minimum atomic E-state index is 0.337. The summed E-state index contributed by atoms with van der Waals surface area (Å²) in [7, 11) is 0. The van der Waals surface area contributed by atoms with Gasteiger partial charge in [0.15, 0.2) is 0 Å². The second kappa shape index (κ2) is 5.78. The monoisotopic (exact) mass is 204 g/mol. The highest BCUT2D eigenvalue weighted by molar-refractivity contribution is 7.80. The quantitative estimate of drug-likeness (QED) is 0.548. The molecular formula is C13H16S. The Morgan fingerprint density at radius 1 is 1.29 bits per heavy atom. The second-order valence-corrected chi connectivity index (χ2v) is 3.68. The zero-order chi connectivity index (χ0) is 10.4. The summed E-state index contributed by atoms with van der Waals surface area (Å²) in [4.78, 5) is 1.05. The molecule has 0 heterocycles. The largest absolute Gasteiger partial charge is 0.143 e. The highest BCUT2D eigenvalue weighted by atomic mass is 32.1. The third-order valence-electron chi connectivity index (χ3n) is 2.17. The molecule has 0 spiro atoms. The van der Waals surface area contributed by atoms with E-state index in [0.29, 0.717) is 5.92 Å². The SMILES string of the molecule is CCC#CC(CC)c1ccccc1S. The molecule has 0 radical (unpaired) electrons. The van der Waals surface area contributed by atoms with E-state index in [9.17, 15) is 0 Å². The Morgan fingerprint density at radius 2 is 2.00 bits per heavy atom. The fourth-order valence-corrected chi connectivity index (χ4v) is 1.72. The van der Waals surface area contributed by atoms with Gasteiger partial charge >= 0.3 is 0 Å². The molecule has 1 aromatic carbocycles. The van der Waals surface area contributed by atoms with Gasteiger partial charge in [-0.1, -0.05) is 38.0 Å². The van der Waals surface area contributed by atoms with Crippen LogP contribution in [-0.4, -0.2) is 0 Å². The van der Waals surface area contributed by atoms with Crippen molar-refractivity contribution in [2.75, 3.05) is 0 Å². The second-order valence-electron chi connectivity index (χ2n) is 3.19. The summed E-state index contributed by atoms with van der Waals surface area (Å²) in [6.07, 6.45) is 1.97. The van der Waals surface area contributed by atoms with Crippen LogP contribution in [0.25, 0.3) is 0 Å². The molecule has 1 aromatic rings. The first kappa shape index (κ1) is 11.2. The summed E-state index contributed by atoms with van der Waals surface area (Å²) in [6, 6.07) is 8.19. The van der Waals surface area contributed by atoms with Crippen LogP contribution in [0.4, 0.5) is 0 Å². The van der Waals surface area contributed by atoms with Crippen molar-refractivity contribution in [1.29, 1.82) is 0 Å². The third kappa shape index (κ3) is 2.82. The number of hydrogen-bond acceptors (Lipinski definition) is 1. The summed E-state index contributed by atoms with van der Waals surface area (Å²) in [5, 5.41) is 0. The van der Waals surface area contributed by atoms with Crippen LogP contribution >= 0.6 is 12.6 Å². The maximum absolute atomic E-state index is 4.45. The molecule has 0 bridgehead atoms. The van der Waals surface area contributed by atoms with Crippen molar-refractivity contribution < 1.29 is 0 Å². The third-order valence-corrected chi connectivity index (χ3v) is 2.58. The van der Waals surface area contributed by atoms with E-state index >= 15 is 0 Å². The normalized spacial score (nSPS) is 11.6. The molecule has 0 saturated heterocycles. The molecule has 1 heteroatoms. The van der Waals surface area contributed by atoms with Gasteiger partial charge in [-0.2, -0.15) is 0 Å². The van der Waals surface area contributed by atoms with Crippen LogP contribution < -0.4 is 0 Å². The molecule has 0 fully saturated rings. The highest BCUT2D eigenvalue weighted by Gasteiger charge is 2.07. The molecule has 0 amide bonds. The zero-order valence-electron chi connectivity index (χ0n) is 8.75. The van der Waals surface area contributed by atoms with E-state index < -0.39 is 0 Å². The fourth-order valence-electron chi connectivity index (χ4n) is 1.41. The molecule has 0 aliphatic carbocycles. The number of rotatable bonds is 2. The van der Waals surface area contributed by atoms with Crippen molar-refractivity contribution in [1.82, 2.24) is 0 Å². The molecule has 0 aromatic heterocycles. The lowest BCUT2D eigenvalue weighted by molar-refractivity contribution is 0.811. The number of thiol groups is 1. The molecule has 1 rings (SSSR count). The van der Waals surface area contributed by atoms with E-state index in [1.165, 1.54) is 5.56 Å². The Kier molecular flexibility index (Phi) is 4.62. The standard InChI is InChI=1S/C13H16S/c1-3-5-8-11(4-2)12-9-6-7-10-13(12)14/h6-7,9-11,14H,3-4H2,1-2H3. The Morgan fingerprint density at radius 3 is 2.57 bits per heavy atom. The molecule has 1 atom stereocenters. The summed E-state index contributed by atoms with van der Waals surface area (Å²) >= 11 is 4.45. The fraction of sp³-hybridized carbons (Fsp3) is 0.385. The van der Waals surface area contributed by atoms with Crippen molar-refractivity contribution in [3.8, 4) is 11.8 Å². The van der Waals surface area contributed by atoms with Crippen LogP contribution in [-0.2, 0) is 0 Å². The van der Waals surface area contributed by atoms with E-state index in [1.54, 1.807) is 0 Å². The van der Waals surface area contributed by atoms with Crippen molar-refractivity contribution in [3.05, 3.63) is 29.8 Å². The molecular weight excluding hydrogens is 188 g/mol. The Balaban J connectivity index is 2.95. The zero-order valence-corrected chi connectivity index (χ0v) is 9.64. The van der Waals surface area contributed by atoms with Crippen LogP contribution in [0.2, 0.25) is 0 Å². The summed E-state index contributed by atoms with van der Waals surface area (Å²) in [5.41, 5.74) is 1.25. The molecule has 0 aliphatic rings. The minimum absolute atomic E-state index is 0.337. The molecule has 14 heavy (non-hydrogen) atoms. The van der Waals surface area contributed by atoms with Crippen molar-refractivity contribution >= 4 is 12.6 Å². The summed E-state index contributed by atoms with van der Waals surface area (Å²) in [5.74, 6) is 6.76. The molecule has 74 valence electrons. The Hall–Kier alpha value is -0.870.